The van der Waals surface area contributed by atoms with Crippen LogP contribution in [-0.4, -0.2) is 12.5 Å². The van der Waals surface area contributed by atoms with E-state index in [9.17, 15) is 4.79 Å². The van der Waals surface area contributed by atoms with E-state index in [1.165, 1.54) is 32.1 Å². The average Bonchev–Trinajstić information content (AvgIpc) is 2.31. The molecule has 98 valence electrons. The molecule has 0 radical (unpaired) electrons. The SMILES string of the molecule is C=C(C)C(=O)NOC/C=C/CCCCCCC. The molecular formula is C14H25NO2. The number of carbonyl (C=O) groups excluding carboxylic acids is 1. The van der Waals surface area contributed by atoms with Gasteiger partial charge in [-0.15, -0.1) is 0 Å². The second-order valence-electron chi connectivity index (χ2n) is 4.20. The van der Waals surface area contributed by atoms with Crippen LogP contribution in [0.2, 0.25) is 0 Å². The minimum absolute atomic E-state index is 0.266. The molecule has 0 unspecified atom stereocenters. The fraction of sp³-hybridized carbons (Fsp3) is 0.643. The second kappa shape index (κ2) is 11.4. The second-order valence-corrected chi connectivity index (χ2v) is 4.20. The molecule has 0 bridgehead atoms. The Kier molecular flexibility index (Phi) is 10.7. The summed E-state index contributed by atoms with van der Waals surface area (Å²) in [5.74, 6) is -0.266. The van der Waals surface area contributed by atoms with Gasteiger partial charge in [0.25, 0.3) is 5.91 Å². The number of hydrogen-bond donors (Lipinski definition) is 1. The lowest BCUT2D eigenvalue weighted by molar-refractivity contribution is -0.128. The van der Waals surface area contributed by atoms with Crippen LogP contribution in [0.25, 0.3) is 0 Å². The summed E-state index contributed by atoms with van der Waals surface area (Å²) < 4.78 is 0. The summed E-state index contributed by atoms with van der Waals surface area (Å²) in [5.41, 5.74) is 2.76. The van der Waals surface area contributed by atoms with Gasteiger partial charge in [0, 0.05) is 5.57 Å². The summed E-state index contributed by atoms with van der Waals surface area (Å²) in [7, 11) is 0. The van der Waals surface area contributed by atoms with Gasteiger partial charge in [-0.2, -0.15) is 0 Å². The van der Waals surface area contributed by atoms with Crippen LogP contribution in [0.1, 0.15) is 52.4 Å². The van der Waals surface area contributed by atoms with Crippen LogP contribution < -0.4 is 5.48 Å². The molecule has 0 rings (SSSR count). The first-order valence-electron chi connectivity index (χ1n) is 6.41. The minimum atomic E-state index is -0.266. The lowest BCUT2D eigenvalue weighted by atomic mass is 10.1. The molecule has 0 aromatic rings. The van der Waals surface area contributed by atoms with Gasteiger partial charge in [-0.25, -0.2) is 5.48 Å². The van der Waals surface area contributed by atoms with E-state index in [1.807, 2.05) is 6.08 Å². The molecule has 0 spiro atoms. The van der Waals surface area contributed by atoms with Crippen molar-refractivity contribution in [1.29, 1.82) is 0 Å². The highest BCUT2D eigenvalue weighted by Gasteiger charge is 1.98. The topological polar surface area (TPSA) is 38.3 Å². The zero-order valence-electron chi connectivity index (χ0n) is 11.1. The normalized spacial score (nSPS) is 10.7. The maximum Gasteiger partial charge on any atom is 0.269 e. The smallest absolute Gasteiger partial charge is 0.269 e. The summed E-state index contributed by atoms with van der Waals surface area (Å²) in [6.07, 6.45) is 11.6. The first-order valence-corrected chi connectivity index (χ1v) is 6.41. The molecule has 0 aliphatic heterocycles. The number of rotatable bonds is 10. The molecule has 0 saturated carbocycles. The van der Waals surface area contributed by atoms with E-state index < -0.39 is 0 Å². The first kappa shape index (κ1) is 15.9. The molecule has 0 fully saturated rings. The van der Waals surface area contributed by atoms with Gasteiger partial charge < -0.3 is 0 Å². The molecule has 0 aromatic carbocycles. The lowest BCUT2D eigenvalue weighted by Gasteiger charge is -2.02. The zero-order valence-corrected chi connectivity index (χ0v) is 11.1. The number of amides is 1. The summed E-state index contributed by atoms with van der Waals surface area (Å²) in [5, 5.41) is 0. The summed E-state index contributed by atoms with van der Waals surface area (Å²) >= 11 is 0. The maximum absolute atomic E-state index is 11.0. The van der Waals surface area contributed by atoms with E-state index in [1.54, 1.807) is 6.92 Å². The molecule has 0 aliphatic carbocycles. The van der Waals surface area contributed by atoms with Crippen LogP contribution >= 0.6 is 0 Å². The lowest BCUT2D eigenvalue weighted by Crippen LogP contribution is -2.23. The Hall–Kier alpha value is -1.09. The molecule has 3 nitrogen and oxygen atoms in total. The van der Waals surface area contributed by atoms with Gasteiger partial charge in [-0.3, -0.25) is 9.63 Å². The highest BCUT2D eigenvalue weighted by molar-refractivity contribution is 5.91. The minimum Gasteiger partial charge on any atom is -0.269 e. The Morgan fingerprint density at radius 3 is 2.59 bits per heavy atom. The van der Waals surface area contributed by atoms with E-state index in [-0.39, 0.29) is 5.91 Å². The van der Waals surface area contributed by atoms with E-state index in [0.717, 1.165) is 6.42 Å². The molecule has 17 heavy (non-hydrogen) atoms. The standard InChI is InChI=1S/C14H25NO2/c1-4-5-6-7-8-9-10-11-12-17-15-14(16)13(2)3/h10-11H,2,4-9,12H2,1,3H3,(H,15,16)/b11-10+. The Morgan fingerprint density at radius 2 is 1.94 bits per heavy atom. The van der Waals surface area contributed by atoms with Gasteiger partial charge >= 0.3 is 0 Å². The first-order chi connectivity index (χ1) is 8.18. The fourth-order valence-corrected chi connectivity index (χ4v) is 1.29. The Morgan fingerprint density at radius 1 is 1.24 bits per heavy atom. The van der Waals surface area contributed by atoms with Crippen molar-refractivity contribution in [2.45, 2.75) is 52.4 Å². The van der Waals surface area contributed by atoms with Crippen LogP contribution in [0.4, 0.5) is 0 Å². The molecule has 0 saturated heterocycles. The molecule has 0 heterocycles. The predicted octanol–water partition coefficient (Wildman–Crippen LogP) is 3.53. The van der Waals surface area contributed by atoms with Crippen molar-refractivity contribution >= 4 is 5.91 Å². The Bertz CT molecular complexity index is 247. The highest BCUT2D eigenvalue weighted by Crippen LogP contribution is 2.05. The molecule has 0 atom stereocenters. The van der Waals surface area contributed by atoms with Gasteiger partial charge in [0.1, 0.15) is 0 Å². The molecule has 3 heteroatoms. The summed E-state index contributed by atoms with van der Waals surface area (Å²) in [6, 6.07) is 0. The van der Waals surface area contributed by atoms with E-state index >= 15 is 0 Å². The molecular weight excluding hydrogens is 214 g/mol. The van der Waals surface area contributed by atoms with Crippen LogP contribution in [-0.2, 0) is 9.63 Å². The van der Waals surface area contributed by atoms with Crippen molar-refractivity contribution in [2.75, 3.05) is 6.61 Å². The van der Waals surface area contributed by atoms with Crippen molar-refractivity contribution in [2.24, 2.45) is 0 Å². The molecule has 0 aliphatic rings. The third-order valence-electron chi connectivity index (χ3n) is 2.37. The Labute approximate surface area is 105 Å². The largest absolute Gasteiger partial charge is 0.269 e. The number of allylic oxidation sites excluding steroid dienone is 1. The number of hydrogen-bond acceptors (Lipinski definition) is 2. The fourth-order valence-electron chi connectivity index (χ4n) is 1.29. The molecule has 1 amide bonds. The van der Waals surface area contributed by atoms with E-state index in [4.69, 9.17) is 4.84 Å². The van der Waals surface area contributed by atoms with Crippen LogP contribution in [0.5, 0.6) is 0 Å². The van der Waals surface area contributed by atoms with Gasteiger partial charge in [0.05, 0.1) is 6.61 Å². The van der Waals surface area contributed by atoms with Crippen LogP contribution in [0.3, 0.4) is 0 Å². The monoisotopic (exact) mass is 239 g/mol. The van der Waals surface area contributed by atoms with Crippen molar-refractivity contribution in [3.63, 3.8) is 0 Å². The average molecular weight is 239 g/mol. The number of carbonyl (C=O) groups is 1. The quantitative estimate of drug-likeness (QED) is 0.274. The predicted molar refractivity (Wildman–Crippen MR) is 71.4 cm³/mol. The zero-order chi connectivity index (χ0) is 12.9. The third-order valence-corrected chi connectivity index (χ3v) is 2.37. The summed E-state index contributed by atoms with van der Waals surface area (Å²) in [6.45, 7) is 7.78. The van der Waals surface area contributed by atoms with Gasteiger partial charge in [0.2, 0.25) is 0 Å². The van der Waals surface area contributed by atoms with Crippen LogP contribution in [0, 0.1) is 0 Å². The van der Waals surface area contributed by atoms with E-state index in [2.05, 4.69) is 25.1 Å². The highest BCUT2D eigenvalue weighted by atomic mass is 16.6. The van der Waals surface area contributed by atoms with Gasteiger partial charge in [0.15, 0.2) is 0 Å². The maximum atomic E-state index is 11.0. The van der Waals surface area contributed by atoms with Crippen molar-refractivity contribution in [1.82, 2.24) is 5.48 Å². The molecule has 1 N–H and O–H groups in total. The Balaban J connectivity index is 3.26. The third kappa shape index (κ3) is 11.2. The van der Waals surface area contributed by atoms with E-state index in [0.29, 0.717) is 12.2 Å². The van der Waals surface area contributed by atoms with Gasteiger partial charge in [-0.05, 0) is 19.8 Å². The van der Waals surface area contributed by atoms with Crippen LogP contribution in [0.15, 0.2) is 24.3 Å². The van der Waals surface area contributed by atoms with Crippen molar-refractivity contribution in [3.05, 3.63) is 24.3 Å². The summed E-state index contributed by atoms with van der Waals surface area (Å²) in [4.78, 5) is 16.0. The molecule has 0 aromatic heterocycles. The number of hydroxylamine groups is 1. The van der Waals surface area contributed by atoms with Gasteiger partial charge in [-0.1, -0.05) is 51.3 Å². The van der Waals surface area contributed by atoms with Crippen molar-refractivity contribution in [3.8, 4) is 0 Å². The number of nitrogens with one attached hydrogen (secondary N) is 1. The number of unbranched alkanes of at least 4 members (excludes halogenated alkanes) is 5. The van der Waals surface area contributed by atoms with Crippen molar-refractivity contribution < 1.29 is 9.63 Å².